The molecule has 0 saturated carbocycles. The van der Waals surface area contributed by atoms with Gasteiger partial charge in [-0.3, -0.25) is 9.59 Å². The predicted octanol–water partition coefficient (Wildman–Crippen LogP) is 2.70. The van der Waals surface area contributed by atoms with Crippen LogP contribution in [0.3, 0.4) is 0 Å². The molecule has 0 aromatic heterocycles. The lowest BCUT2D eigenvalue weighted by Crippen LogP contribution is -2.38. The van der Waals surface area contributed by atoms with Crippen molar-refractivity contribution in [2.45, 2.75) is 26.9 Å². The van der Waals surface area contributed by atoms with Crippen LogP contribution in [0.1, 0.15) is 31.1 Å². The van der Waals surface area contributed by atoms with E-state index in [0.717, 1.165) is 0 Å². The van der Waals surface area contributed by atoms with Gasteiger partial charge in [0.25, 0.3) is 5.91 Å². The molecule has 6 heteroatoms. The van der Waals surface area contributed by atoms with Crippen LogP contribution < -0.4 is 14.8 Å². The summed E-state index contributed by atoms with van der Waals surface area (Å²) >= 11 is 6.07. The molecule has 1 unspecified atom stereocenters. The first-order chi connectivity index (χ1) is 9.88. The maximum atomic E-state index is 11.9. The number of nitrogens with one attached hydrogen (secondary N) is 1. The molecule has 1 N–H and O–H groups in total. The summed E-state index contributed by atoms with van der Waals surface area (Å²) in [6.07, 6.45) is -0.0611. The fraction of sp³-hybridized carbons (Fsp3) is 0.467. The number of amides is 1. The van der Waals surface area contributed by atoms with E-state index in [4.69, 9.17) is 21.1 Å². The van der Waals surface area contributed by atoms with Crippen molar-refractivity contribution in [2.24, 2.45) is 5.92 Å². The first kappa shape index (κ1) is 17.3. The van der Waals surface area contributed by atoms with Crippen molar-refractivity contribution in [1.82, 2.24) is 5.32 Å². The predicted molar refractivity (Wildman–Crippen MR) is 81.3 cm³/mol. The number of methoxy groups -OCH3 is 1. The highest BCUT2D eigenvalue weighted by Gasteiger charge is 2.19. The Hall–Kier alpha value is -1.75. The molecule has 0 bridgehead atoms. The molecule has 1 rings (SSSR count). The highest BCUT2D eigenvalue weighted by atomic mass is 35.5. The van der Waals surface area contributed by atoms with Crippen LogP contribution in [0.4, 0.5) is 0 Å². The molecule has 0 fully saturated rings. The Morgan fingerprint density at radius 2 is 2.05 bits per heavy atom. The van der Waals surface area contributed by atoms with E-state index in [0.29, 0.717) is 30.1 Å². The Labute approximate surface area is 129 Å². The van der Waals surface area contributed by atoms with Crippen molar-refractivity contribution in [3.05, 3.63) is 22.7 Å². The molecule has 0 saturated heterocycles. The normalized spacial score (nSPS) is 11.9. The second-order valence-corrected chi connectivity index (χ2v) is 5.46. The summed E-state index contributed by atoms with van der Waals surface area (Å²) in [7, 11) is 1.44. The van der Waals surface area contributed by atoms with E-state index in [-0.39, 0.29) is 16.7 Å². The fourth-order valence-electron chi connectivity index (χ4n) is 1.60. The van der Waals surface area contributed by atoms with Crippen LogP contribution in [0.5, 0.6) is 11.5 Å². The van der Waals surface area contributed by atoms with Crippen molar-refractivity contribution in [2.75, 3.05) is 13.7 Å². The van der Waals surface area contributed by atoms with Crippen molar-refractivity contribution in [3.8, 4) is 11.5 Å². The van der Waals surface area contributed by atoms with E-state index < -0.39 is 6.10 Å². The number of carbonyl (C=O) groups is 2. The number of hydrogen-bond donors (Lipinski definition) is 1. The third-order valence-corrected chi connectivity index (χ3v) is 3.02. The number of ether oxygens (including phenoxy) is 2. The van der Waals surface area contributed by atoms with Crippen molar-refractivity contribution < 1.29 is 19.1 Å². The molecule has 0 aliphatic carbocycles. The van der Waals surface area contributed by atoms with Crippen LogP contribution in [-0.4, -0.2) is 32.0 Å². The average Bonchev–Trinajstić information content (AvgIpc) is 2.46. The molecule has 0 heterocycles. The van der Waals surface area contributed by atoms with E-state index in [1.165, 1.54) is 19.2 Å². The molecule has 0 aliphatic rings. The van der Waals surface area contributed by atoms with E-state index >= 15 is 0 Å². The molecule has 0 spiro atoms. The van der Waals surface area contributed by atoms with Crippen LogP contribution >= 0.6 is 11.6 Å². The minimum Gasteiger partial charge on any atom is -0.493 e. The maximum absolute atomic E-state index is 11.9. The minimum atomic E-state index is -0.725. The van der Waals surface area contributed by atoms with E-state index in [9.17, 15) is 9.59 Å². The van der Waals surface area contributed by atoms with Gasteiger partial charge in [-0.05, 0) is 25.0 Å². The Morgan fingerprint density at radius 1 is 1.38 bits per heavy atom. The first-order valence-corrected chi connectivity index (χ1v) is 7.03. The lowest BCUT2D eigenvalue weighted by molar-refractivity contribution is -0.127. The van der Waals surface area contributed by atoms with Gasteiger partial charge in [-0.15, -0.1) is 0 Å². The van der Waals surface area contributed by atoms with Crippen molar-refractivity contribution in [1.29, 1.82) is 0 Å². The third-order valence-electron chi connectivity index (χ3n) is 2.74. The van der Waals surface area contributed by atoms with Gasteiger partial charge in [-0.25, -0.2) is 0 Å². The SMILES string of the molecule is COc1cc(C=O)cc(Cl)c1OC(C)C(=O)NCC(C)C. The lowest BCUT2D eigenvalue weighted by atomic mass is 10.2. The standard InChI is InChI=1S/C15H20ClNO4/c1-9(2)7-17-15(19)10(3)21-14-12(16)5-11(8-18)6-13(14)20-4/h5-6,8-10H,7H2,1-4H3,(H,17,19). The van der Waals surface area contributed by atoms with E-state index in [1.54, 1.807) is 6.92 Å². The Bertz CT molecular complexity index is 517. The van der Waals surface area contributed by atoms with Gasteiger partial charge in [0.05, 0.1) is 12.1 Å². The Kier molecular flexibility index (Phi) is 6.49. The second-order valence-electron chi connectivity index (χ2n) is 5.05. The lowest BCUT2D eigenvalue weighted by Gasteiger charge is -2.18. The maximum Gasteiger partial charge on any atom is 0.260 e. The molecule has 1 aromatic carbocycles. The largest absolute Gasteiger partial charge is 0.493 e. The van der Waals surface area contributed by atoms with Crippen LogP contribution in [0, 0.1) is 5.92 Å². The summed E-state index contributed by atoms with van der Waals surface area (Å²) in [5, 5.41) is 3.00. The molecule has 21 heavy (non-hydrogen) atoms. The number of rotatable bonds is 7. The molecule has 1 aromatic rings. The molecule has 1 atom stereocenters. The van der Waals surface area contributed by atoms with Gasteiger partial charge in [-0.2, -0.15) is 0 Å². The summed E-state index contributed by atoms with van der Waals surface area (Å²) in [5.74, 6) is 0.678. The van der Waals surface area contributed by atoms with Crippen LogP contribution in [0.25, 0.3) is 0 Å². The Morgan fingerprint density at radius 3 is 2.57 bits per heavy atom. The van der Waals surface area contributed by atoms with Gasteiger partial charge in [0.2, 0.25) is 0 Å². The van der Waals surface area contributed by atoms with Gasteiger partial charge in [-0.1, -0.05) is 25.4 Å². The van der Waals surface area contributed by atoms with E-state index in [2.05, 4.69) is 5.32 Å². The van der Waals surface area contributed by atoms with Gasteiger partial charge in [0, 0.05) is 12.1 Å². The van der Waals surface area contributed by atoms with Gasteiger partial charge >= 0.3 is 0 Å². The molecular weight excluding hydrogens is 294 g/mol. The number of aldehydes is 1. The first-order valence-electron chi connectivity index (χ1n) is 6.66. The summed E-state index contributed by atoms with van der Waals surface area (Å²) in [5.41, 5.74) is 0.376. The van der Waals surface area contributed by atoms with Gasteiger partial charge < -0.3 is 14.8 Å². The monoisotopic (exact) mass is 313 g/mol. The number of hydrogen-bond acceptors (Lipinski definition) is 4. The smallest absolute Gasteiger partial charge is 0.260 e. The quantitative estimate of drug-likeness (QED) is 0.786. The van der Waals surface area contributed by atoms with Crippen LogP contribution in [0.15, 0.2) is 12.1 Å². The fourth-order valence-corrected chi connectivity index (χ4v) is 1.86. The summed E-state index contributed by atoms with van der Waals surface area (Å²) in [6.45, 7) is 6.20. The van der Waals surface area contributed by atoms with E-state index in [1.807, 2.05) is 13.8 Å². The zero-order valence-corrected chi connectivity index (χ0v) is 13.4. The van der Waals surface area contributed by atoms with Crippen molar-refractivity contribution in [3.63, 3.8) is 0 Å². The van der Waals surface area contributed by atoms with Gasteiger partial charge in [0.1, 0.15) is 6.29 Å². The molecule has 116 valence electrons. The summed E-state index contributed by atoms with van der Waals surface area (Å²) in [6, 6.07) is 2.97. The van der Waals surface area contributed by atoms with Crippen molar-refractivity contribution >= 4 is 23.8 Å². The van der Waals surface area contributed by atoms with Gasteiger partial charge in [0.15, 0.2) is 17.6 Å². The zero-order valence-electron chi connectivity index (χ0n) is 12.6. The molecule has 5 nitrogen and oxygen atoms in total. The molecular formula is C15H20ClNO4. The highest BCUT2D eigenvalue weighted by Crippen LogP contribution is 2.36. The Balaban J connectivity index is 2.86. The number of halogens is 1. The summed E-state index contributed by atoms with van der Waals surface area (Å²) < 4.78 is 10.7. The molecule has 1 amide bonds. The molecule has 0 radical (unpaired) electrons. The number of carbonyl (C=O) groups excluding carboxylic acids is 2. The minimum absolute atomic E-state index is 0.222. The average molecular weight is 314 g/mol. The van der Waals surface area contributed by atoms with Crippen LogP contribution in [0.2, 0.25) is 5.02 Å². The topological polar surface area (TPSA) is 64.6 Å². The molecule has 0 aliphatic heterocycles. The number of benzene rings is 1. The second kappa shape index (κ2) is 7.88. The summed E-state index contributed by atoms with van der Waals surface area (Å²) in [4.78, 5) is 22.7. The highest BCUT2D eigenvalue weighted by molar-refractivity contribution is 6.32. The third kappa shape index (κ3) is 4.93. The van der Waals surface area contributed by atoms with Crippen LogP contribution in [-0.2, 0) is 4.79 Å². The zero-order chi connectivity index (χ0) is 16.0.